The molecule has 3 rings (SSSR count). The number of nitrogens with zero attached hydrogens (tertiary/aromatic N) is 1. The summed E-state index contributed by atoms with van der Waals surface area (Å²) in [6.45, 7) is 3.50. The zero-order valence-electron chi connectivity index (χ0n) is 13.7. The number of aliphatic hydroxyl groups is 2. The van der Waals surface area contributed by atoms with Gasteiger partial charge in [-0.1, -0.05) is 13.0 Å². The molecule has 0 aromatic heterocycles. The van der Waals surface area contributed by atoms with E-state index in [2.05, 4.69) is 0 Å². The molecule has 0 unspecified atom stereocenters. The van der Waals surface area contributed by atoms with Crippen molar-refractivity contribution in [3.8, 4) is 11.5 Å². The molecule has 24 heavy (non-hydrogen) atoms. The number of ether oxygens (including phenoxy) is 3. The number of carbonyl (C=O) groups excluding carboxylic acids is 1. The van der Waals surface area contributed by atoms with Gasteiger partial charge in [0.2, 0.25) is 0 Å². The van der Waals surface area contributed by atoms with Crippen LogP contribution in [0.5, 0.6) is 11.5 Å². The predicted molar refractivity (Wildman–Crippen MR) is 85.4 cm³/mol. The van der Waals surface area contributed by atoms with Crippen LogP contribution < -0.4 is 9.47 Å². The lowest BCUT2D eigenvalue weighted by Crippen LogP contribution is -2.57. The van der Waals surface area contributed by atoms with Crippen molar-refractivity contribution in [3.63, 3.8) is 0 Å². The van der Waals surface area contributed by atoms with E-state index < -0.39 is 18.2 Å². The summed E-state index contributed by atoms with van der Waals surface area (Å²) in [4.78, 5) is 14.7. The molecule has 132 valence electrons. The molecule has 0 aliphatic carbocycles. The number of aliphatic hydroxyl groups excluding tert-OH is 2. The van der Waals surface area contributed by atoms with Gasteiger partial charge in [-0.3, -0.25) is 4.79 Å². The molecule has 0 bridgehead atoms. The number of amides is 1. The summed E-state index contributed by atoms with van der Waals surface area (Å²) < 4.78 is 16.5. The van der Waals surface area contributed by atoms with Gasteiger partial charge in [0, 0.05) is 6.54 Å². The van der Waals surface area contributed by atoms with Gasteiger partial charge in [-0.2, -0.15) is 0 Å². The van der Waals surface area contributed by atoms with Crippen molar-refractivity contribution in [1.29, 1.82) is 0 Å². The molecule has 2 aliphatic rings. The van der Waals surface area contributed by atoms with Crippen molar-refractivity contribution >= 4 is 5.91 Å². The molecule has 1 aromatic rings. The predicted octanol–water partition coefficient (Wildman–Crippen LogP) is 0.431. The third-order valence-electron chi connectivity index (χ3n) is 4.29. The van der Waals surface area contributed by atoms with Crippen molar-refractivity contribution in [3.05, 3.63) is 23.8 Å². The Morgan fingerprint density at radius 1 is 1.25 bits per heavy atom. The van der Waals surface area contributed by atoms with E-state index in [0.717, 1.165) is 6.42 Å². The summed E-state index contributed by atoms with van der Waals surface area (Å²) in [7, 11) is 0. The molecule has 1 fully saturated rings. The number of carbonyl (C=O) groups is 1. The van der Waals surface area contributed by atoms with Gasteiger partial charge in [-0.25, -0.2) is 0 Å². The maximum Gasteiger partial charge on any atom is 0.258 e. The second-order valence-electron chi connectivity index (χ2n) is 5.99. The van der Waals surface area contributed by atoms with Crippen LogP contribution in [0.2, 0.25) is 0 Å². The van der Waals surface area contributed by atoms with Crippen LogP contribution in [0.1, 0.15) is 23.7 Å². The fourth-order valence-electron chi connectivity index (χ4n) is 3.09. The third kappa shape index (κ3) is 3.19. The summed E-state index contributed by atoms with van der Waals surface area (Å²) >= 11 is 0. The normalized spacial score (nSPS) is 26.0. The highest BCUT2D eigenvalue weighted by Crippen LogP contribution is 2.35. The monoisotopic (exact) mass is 337 g/mol. The molecule has 7 heteroatoms. The molecule has 2 heterocycles. The van der Waals surface area contributed by atoms with E-state index in [1.807, 2.05) is 6.92 Å². The largest absolute Gasteiger partial charge is 0.486 e. The maximum absolute atomic E-state index is 13.1. The van der Waals surface area contributed by atoms with Crippen molar-refractivity contribution in [2.45, 2.75) is 31.6 Å². The second-order valence-corrected chi connectivity index (χ2v) is 5.99. The lowest BCUT2D eigenvalue weighted by Gasteiger charge is -2.39. The number of para-hydroxylation sites is 1. The van der Waals surface area contributed by atoms with Crippen LogP contribution in [0.3, 0.4) is 0 Å². The molecular formula is C17H23NO6. The first kappa shape index (κ1) is 17.0. The minimum absolute atomic E-state index is 0.0729. The van der Waals surface area contributed by atoms with Gasteiger partial charge in [0.05, 0.1) is 24.8 Å². The van der Waals surface area contributed by atoms with Crippen molar-refractivity contribution in [2.75, 3.05) is 33.0 Å². The van der Waals surface area contributed by atoms with Crippen LogP contribution in [0.15, 0.2) is 18.2 Å². The zero-order chi connectivity index (χ0) is 17.1. The minimum Gasteiger partial charge on any atom is -0.486 e. The highest BCUT2D eigenvalue weighted by Gasteiger charge is 2.38. The van der Waals surface area contributed by atoms with E-state index in [4.69, 9.17) is 14.2 Å². The Morgan fingerprint density at radius 2 is 2.04 bits per heavy atom. The van der Waals surface area contributed by atoms with E-state index in [9.17, 15) is 15.0 Å². The zero-order valence-corrected chi connectivity index (χ0v) is 13.7. The lowest BCUT2D eigenvalue weighted by atomic mass is 10.0. The fraction of sp³-hybridized carbons (Fsp3) is 0.588. The topological polar surface area (TPSA) is 88.5 Å². The Balaban J connectivity index is 1.90. The Hall–Kier alpha value is -1.83. The first-order valence-electron chi connectivity index (χ1n) is 8.27. The molecule has 2 N–H and O–H groups in total. The molecule has 1 aromatic carbocycles. The van der Waals surface area contributed by atoms with Crippen LogP contribution >= 0.6 is 0 Å². The average Bonchev–Trinajstić information content (AvgIpc) is 2.61. The minimum atomic E-state index is -1.04. The number of hydrogen-bond donors (Lipinski definition) is 2. The summed E-state index contributed by atoms with van der Waals surface area (Å²) in [5, 5.41) is 20.1. The van der Waals surface area contributed by atoms with Gasteiger partial charge in [-0.05, 0) is 18.6 Å². The number of benzene rings is 1. The van der Waals surface area contributed by atoms with Crippen LogP contribution in [0.4, 0.5) is 0 Å². The van der Waals surface area contributed by atoms with Gasteiger partial charge < -0.3 is 29.3 Å². The lowest BCUT2D eigenvalue weighted by molar-refractivity contribution is -0.125. The molecule has 0 spiro atoms. The first-order valence-corrected chi connectivity index (χ1v) is 8.27. The van der Waals surface area contributed by atoms with Crippen LogP contribution in [-0.2, 0) is 4.74 Å². The number of hydrogen-bond acceptors (Lipinski definition) is 6. The molecule has 1 saturated heterocycles. The quantitative estimate of drug-likeness (QED) is 0.828. The van der Waals surface area contributed by atoms with E-state index in [0.29, 0.717) is 36.8 Å². The van der Waals surface area contributed by atoms with Crippen LogP contribution in [-0.4, -0.2) is 72.2 Å². The maximum atomic E-state index is 13.1. The van der Waals surface area contributed by atoms with E-state index in [1.165, 1.54) is 0 Å². The van der Waals surface area contributed by atoms with Crippen LogP contribution in [0, 0.1) is 0 Å². The third-order valence-corrected chi connectivity index (χ3v) is 4.29. The highest BCUT2D eigenvalue weighted by molar-refractivity contribution is 5.98. The Labute approximate surface area is 140 Å². The number of fused-ring (bicyclic) bond motifs is 1. The highest BCUT2D eigenvalue weighted by atomic mass is 16.6. The van der Waals surface area contributed by atoms with Gasteiger partial charge in [0.15, 0.2) is 11.5 Å². The Bertz CT molecular complexity index is 592. The van der Waals surface area contributed by atoms with Crippen molar-refractivity contribution in [1.82, 2.24) is 4.90 Å². The summed E-state index contributed by atoms with van der Waals surface area (Å²) in [6.07, 6.45) is -1.32. The molecule has 2 aliphatic heterocycles. The van der Waals surface area contributed by atoms with Gasteiger partial charge in [-0.15, -0.1) is 0 Å². The molecule has 7 nitrogen and oxygen atoms in total. The molecule has 1 amide bonds. The van der Waals surface area contributed by atoms with Crippen LogP contribution in [0.25, 0.3) is 0 Å². The van der Waals surface area contributed by atoms with E-state index in [-0.39, 0.29) is 19.1 Å². The van der Waals surface area contributed by atoms with Gasteiger partial charge in [0.25, 0.3) is 5.91 Å². The summed E-state index contributed by atoms with van der Waals surface area (Å²) in [6, 6.07) is 4.59. The molecule has 3 atom stereocenters. The van der Waals surface area contributed by atoms with E-state index in [1.54, 1.807) is 23.1 Å². The summed E-state index contributed by atoms with van der Waals surface area (Å²) in [5.74, 6) is 0.714. The van der Waals surface area contributed by atoms with Crippen molar-refractivity contribution in [2.24, 2.45) is 0 Å². The summed E-state index contributed by atoms with van der Waals surface area (Å²) in [5.41, 5.74) is 0.396. The first-order chi connectivity index (χ1) is 11.6. The Kier molecular flexibility index (Phi) is 5.23. The molecule has 0 radical (unpaired) electrons. The number of rotatable bonds is 4. The van der Waals surface area contributed by atoms with E-state index >= 15 is 0 Å². The molecule has 0 saturated carbocycles. The fourth-order valence-corrected chi connectivity index (χ4v) is 3.09. The van der Waals surface area contributed by atoms with Gasteiger partial charge in [0.1, 0.15) is 25.4 Å². The molecular weight excluding hydrogens is 314 g/mol. The second kappa shape index (κ2) is 7.38. The smallest absolute Gasteiger partial charge is 0.258 e. The average molecular weight is 337 g/mol. The standard InChI is InChI=1S/C17H23NO6/c1-2-6-18(12-9-22-10-13(19)15(12)20)17(21)11-4-3-5-14-16(11)24-8-7-23-14/h3-5,12-13,15,19-20H,2,6-10H2,1H3/t12-,13-,15+/m1/s1. The Morgan fingerprint density at radius 3 is 2.83 bits per heavy atom. The van der Waals surface area contributed by atoms with Crippen molar-refractivity contribution < 1.29 is 29.2 Å². The van der Waals surface area contributed by atoms with Gasteiger partial charge >= 0.3 is 0 Å². The SMILES string of the molecule is CCCN(C(=O)c1cccc2c1OCCO2)[C@@H]1COC[C@@H](O)[C@H]1O.